The van der Waals surface area contributed by atoms with Gasteiger partial charge in [-0.1, -0.05) is 41.6 Å². The van der Waals surface area contributed by atoms with E-state index in [2.05, 4.69) is 23.4 Å². The predicted molar refractivity (Wildman–Crippen MR) is 76.2 cm³/mol. The summed E-state index contributed by atoms with van der Waals surface area (Å²) in [5.41, 5.74) is 3.25. The summed E-state index contributed by atoms with van der Waals surface area (Å²) in [7, 11) is 0. The zero-order valence-electron chi connectivity index (χ0n) is 11.4. The lowest BCUT2D eigenvalue weighted by atomic mass is 9.99. The number of carbonyl (C=O) groups excluding carboxylic acids is 1. The predicted octanol–water partition coefficient (Wildman–Crippen LogP) is 2.91. The van der Waals surface area contributed by atoms with Gasteiger partial charge in [0.2, 0.25) is 5.76 Å². The molecule has 0 saturated heterocycles. The monoisotopic (exact) mass is 268 g/mol. The van der Waals surface area contributed by atoms with Crippen molar-refractivity contribution in [3.8, 4) is 0 Å². The Balaban J connectivity index is 1.72. The van der Waals surface area contributed by atoms with Crippen molar-refractivity contribution in [2.75, 3.05) is 13.1 Å². The number of hydrogen-bond acceptors (Lipinski definition) is 3. The van der Waals surface area contributed by atoms with E-state index >= 15 is 0 Å². The zero-order valence-corrected chi connectivity index (χ0v) is 11.4. The van der Waals surface area contributed by atoms with Crippen molar-refractivity contribution >= 4 is 11.5 Å². The van der Waals surface area contributed by atoms with E-state index in [1.165, 1.54) is 11.1 Å². The molecule has 1 aromatic heterocycles. The molecule has 20 heavy (non-hydrogen) atoms. The van der Waals surface area contributed by atoms with Gasteiger partial charge in [-0.3, -0.25) is 4.79 Å². The quantitative estimate of drug-likeness (QED) is 0.841. The van der Waals surface area contributed by atoms with Crippen molar-refractivity contribution in [3.63, 3.8) is 0 Å². The molecule has 1 aliphatic heterocycles. The van der Waals surface area contributed by atoms with Gasteiger partial charge in [-0.25, -0.2) is 0 Å². The van der Waals surface area contributed by atoms with Crippen LogP contribution >= 0.6 is 0 Å². The van der Waals surface area contributed by atoms with Crippen LogP contribution in [-0.4, -0.2) is 29.1 Å². The molecule has 0 N–H and O–H groups in total. The van der Waals surface area contributed by atoms with E-state index in [-0.39, 0.29) is 5.91 Å². The maximum atomic E-state index is 12.2. The van der Waals surface area contributed by atoms with E-state index in [1.54, 1.807) is 11.0 Å². The summed E-state index contributed by atoms with van der Waals surface area (Å²) in [6.45, 7) is 3.13. The van der Waals surface area contributed by atoms with Gasteiger partial charge in [0.1, 0.15) is 0 Å². The van der Waals surface area contributed by atoms with Gasteiger partial charge in [0.25, 0.3) is 5.91 Å². The van der Waals surface area contributed by atoms with E-state index in [1.807, 2.05) is 25.1 Å². The van der Waals surface area contributed by atoms with Crippen LogP contribution in [-0.2, 0) is 0 Å². The Labute approximate surface area is 117 Å². The number of aryl methyl sites for hydroxylation is 1. The first-order chi connectivity index (χ1) is 9.74. The summed E-state index contributed by atoms with van der Waals surface area (Å²) in [5.74, 6) is 0.230. The van der Waals surface area contributed by atoms with E-state index in [9.17, 15) is 4.79 Å². The summed E-state index contributed by atoms with van der Waals surface area (Å²) in [4.78, 5) is 14.0. The van der Waals surface area contributed by atoms with Crippen LogP contribution in [0.15, 0.2) is 47.0 Å². The molecule has 0 fully saturated rings. The maximum Gasteiger partial charge on any atom is 0.292 e. The second kappa shape index (κ2) is 5.33. The van der Waals surface area contributed by atoms with Crippen LogP contribution in [0.25, 0.3) is 5.57 Å². The lowest BCUT2D eigenvalue weighted by Crippen LogP contribution is -2.34. The SMILES string of the molecule is Cc1cc(C(=O)N2CC=C(c3ccccc3)CC2)on1. The lowest BCUT2D eigenvalue weighted by molar-refractivity contribution is 0.0731. The molecule has 1 aliphatic rings. The van der Waals surface area contributed by atoms with Crippen LogP contribution < -0.4 is 0 Å². The molecule has 1 aromatic carbocycles. The average molecular weight is 268 g/mol. The second-order valence-corrected chi connectivity index (χ2v) is 4.93. The standard InChI is InChI=1S/C16H16N2O2/c1-12-11-15(20-17-12)16(19)18-9-7-14(8-10-18)13-5-3-2-4-6-13/h2-7,11H,8-10H2,1H3. The van der Waals surface area contributed by atoms with Gasteiger partial charge in [-0.05, 0) is 24.5 Å². The number of aromatic nitrogens is 1. The normalized spacial score (nSPS) is 15.1. The Hall–Kier alpha value is -2.36. The van der Waals surface area contributed by atoms with Gasteiger partial charge in [-0.2, -0.15) is 0 Å². The minimum Gasteiger partial charge on any atom is -0.351 e. The molecule has 0 radical (unpaired) electrons. The van der Waals surface area contributed by atoms with Crippen LogP contribution in [0.1, 0.15) is 28.2 Å². The molecule has 1 amide bonds. The van der Waals surface area contributed by atoms with Crippen molar-refractivity contribution in [1.82, 2.24) is 10.1 Å². The molecular weight excluding hydrogens is 252 g/mol. The van der Waals surface area contributed by atoms with Crippen LogP contribution in [0.5, 0.6) is 0 Å². The Morgan fingerprint density at radius 2 is 2.10 bits per heavy atom. The highest BCUT2D eigenvalue weighted by atomic mass is 16.5. The molecule has 0 saturated carbocycles. The smallest absolute Gasteiger partial charge is 0.292 e. The fourth-order valence-corrected chi connectivity index (χ4v) is 2.39. The average Bonchev–Trinajstić information content (AvgIpc) is 2.94. The van der Waals surface area contributed by atoms with E-state index in [4.69, 9.17) is 4.52 Å². The molecule has 0 atom stereocenters. The third kappa shape index (κ3) is 2.50. The topological polar surface area (TPSA) is 46.3 Å². The van der Waals surface area contributed by atoms with E-state index in [0.29, 0.717) is 18.8 Å². The number of carbonyl (C=O) groups is 1. The molecule has 102 valence electrons. The summed E-state index contributed by atoms with van der Waals surface area (Å²) in [6, 6.07) is 12.0. The fourth-order valence-electron chi connectivity index (χ4n) is 2.39. The minimum absolute atomic E-state index is 0.0889. The molecule has 0 unspecified atom stereocenters. The van der Waals surface area contributed by atoms with Gasteiger partial charge in [-0.15, -0.1) is 0 Å². The van der Waals surface area contributed by atoms with Crippen LogP contribution in [0, 0.1) is 6.92 Å². The molecule has 2 aromatic rings. The molecule has 3 rings (SSSR count). The number of amides is 1. The molecular formula is C16H16N2O2. The summed E-state index contributed by atoms with van der Waals surface area (Å²) < 4.78 is 5.03. The first-order valence-corrected chi connectivity index (χ1v) is 6.71. The Bertz CT molecular complexity index is 644. The first-order valence-electron chi connectivity index (χ1n) is 6.71. The third-order valence-electron chi connectivity index (χ3n) is 3.48. The van der Waals surface area contributed by atoms with E-state index in [0.717, 1.165) is 12.1 Å². The number of benzene rings is 1. The Morgan fingerprint density at radius 1 is 1.30 bits per heavy atom. The highest BCUT2D eigenvalue weighted by Crippen LogP contribution is 2.22. The third-order valence-corrected chi connectivity index (χ3v) is 3.48. The largest absolute Gasteiger partial charge is 0.351 e. The van der Waals surface area contributed by atoms with Crippen LogP contribution in [0.4, 0.5) is 0 Å². The van der Waals surface area contributed by atoms with E-state index < -0.39 is 0 Å². The molecule has 0 aliphatic carbocycles. The van der Waals surface area contributed by atoms with Gasteiger partial charge in [0.15, 0.2) is 0 Å². The van der Waals surface area contributed by atoms with Crippen LogP contribution in [0.2, 0.25) is 0 Å². The van der Waals surface area contributed by atoms with Crippen molar-refractivity contribution in [2.24, 2.45) is 0 Å². The maximum absolute atomic E-state index is 12.2. The van der Waals surface area contributed by atoms with Gasteiger partial charge < -0.3 is 9.42 Å². The summed E-state index contributed by atoms with van der Waals surface area (Å²) in [5, 5.41) is 3.76. The number of nitrogens with zero attached hydrogens (tertiary/aromatic N) is 2. The Kier molecular flexibility index (Phi) is 3.37. The molecule has 0 spiro atoms. The summed E-state index contributed by atoms with van der Waals surface area (Å²) >= 11 is 0. The number of rotatable bonds is 2. The highest BCUT2D eigenvalue weighted by molar-refractivity contribution is 5.92. The fraction of sp³-hybridized carbons (Fsp3) is 0.250. The van der Waals surface area contributed by atoms with Gasteiger partial charge in [0, 0.05) is 19.2 Å². The molecule has 4 nitrogen and oxygen atoms in total. The highest BCUT2D eigenvalue weighted by Gasteiger charge is 2.22. The Morgan fingerprint density at radius 3 is 2.70 bits per heavy atom. The minimum atomic E-state index is -0.0889. The van der Waals surface area contributed by atoms with Crippen molar-refractivity contribution in [3.05, 3.63) is 59.5 Å². The van der Waals surface area contributed by atoms with Crippen LogP contribution in [0.3, 0.4) is 0 Å². The number of hydrogen-bond donors (Lipinski definition) is 0. The lowest BCUT2D eigenvalue weighted by Gasteiger charge is -2.25. The van der Waals surface area contributed by atoms with Crippen molar-refractivity contribution in [2.45, 2.75) is 13.3 Å². The van der Waals surface area contributed by atoms with Gasteiger partial charge in [0.05, 0.1) is 5.69 Å². The van der Waals surface area contributed by atoms with Crippen molar-refractivity contribution < 1.29 is 9.32 Å². The van der Waals surface area contributed by atoms with Crippen molar-refractivity contribution in [1.29, 1.82) is 0 Å². The first kappa shape index (κ1) is 12.7. The molecule has 4 heteroatoms. The molecule has 2 heterocycles. The van der Waals surface area contributed by atoms with Gasteiger partial charge >= 0.3 is 0 Å². The summed E-state index contributed by atoms with van der Waals surface area (Å²) in [6.07, 6.45) is 2.98. The molecule has 0 bridgehead atoms. The zero-order chi connectivity index (χ0) is 13.9. The second-order valence-electron chi connectivity index (χ2n) is 4.93.